The van der Waals surface area contributed by atoms with E-state index in [0.29, 0.717) is 22.6 Å². The van der Waals surface area contributed by atoms with Gasteiger partial charge in [0.15, 0.2) is 5.82 Å². The van der Waals surface area contributed by atoms with E-state index < -0.39 is 5.82 Å². The quantitative estimate of drug-likeness (QED) is 0.751. The largest absolute Gasteiger partial charge is 0.331 e. The van der Waals surface area contributed by atoms with Gasteiger partial charge in [-0.3, -0.25) is 9.59 Å². The minimum absolute atomic E-state index is 0.195. The third-order valence-corrected chi connectivity index (χ3v) is 3.54. The zero-order valence-corrected chi connectivity index (χ0v) is 12.9. The lowest BCUT2D eigenvalue weighted by Gasteiger charge is -2.06. The van der Waals surface area contributed by atoms with Crippen LogP contribution in [0.2, 0.25) is 0 Å². The lowest BCUT2D eigenvalue weighted by molar-refractivity contribution is 0.102. The van der Waals surface area contributed by atoms with Crippen LogP contribution in [0.5, 0.6) is 0 Å². The standard InChI is InChI=1S/C18H14FN3O2/c1-22-11-10-20-17(22)16(23)12-4-8-15(9-5-12)21-18(24)13-2-6-14(19)7-3-13/h2-11H,1H3,(H,21,24). The van der Waals surface area contributed by atoms with E-state index in [1.54, 1.807) is 48.3 Å². The number of rotatable bonds is 4. The van der Waals surface area contributed by atoms with Gasteiger partial charge in [0.1, 0.15) is 5.82 Å². The van der Waals surface area contributed by atoms with Gasteiger partial charge in [0, 0.05) is 36.3 Å². The van der Waals surface area contributed by atoms with E-state index >= 15 is 0 Å². The summed E-state index contributed by atoms with van der Waals surface area (Å²) in [6.07, 6.45) is 3.26. The summed E-state index contributed by atoms with van der Waals surface area (Å²) in [7, 11) is 1.75. The Balaban J connectivity index is 1.73. The van der Waals surface area contributed by atoms with Crippen LogP contribution in [0, 0.1) is 5.82 Å². The Morgan fingerprint density at radius 1 is 1.00 bits per heavy atom. The van der Waals surface area contributed by atoms with Crippen LogP contribution < -0.4 is 5.32 Å². The van der Waals surface area contributed by atoms with Gasteiger partial charge < -0.3 is 9.88 Å². The summed E-state index contributed by atoms with van der Waals surface area (Å²) in [6.45, 7) is 0. The molecule has 3 rings (SSSR count). The molecule has 1 heterocycles. The average Bonchev–Trinajstić information content (AvgIpc) is 3.01. The maximum Gasteiger partial charge on any atom is 0.255 e. The molecule has 1 aromatic heterocycles. The van der Waals surface area contributed by atoms with Crippen LogP contribution in [-0.4, -0.2) is 21.2 Å². The van der Waals surface area contributed by atoms with Crippen molar-refractivity contribution in [3.8, 4) is 0 Å². The number of hydrogen-bond donors (Lipinski definition) is 1. The number of hydrogen-bond acceptors (Lipinski definition) is 3. The molecule has 0 aliphatic heterocycles. The molecule has 0 atom stereocenters. The molecule has 0 unspecified atom stereocenters. The first kappa shape index (κ1) is 15.6. The molecule has 1 amide bonds. The van der Waals surface area contributed by atoms with Crippen molar-refractivity contribution in [3.05, 3.63) is 83.7 Å². The highest BCUT2D eigenvalue weighted by Gasteiger charge is 2.14. The third kappa shape index (κ3) is 3.22. The van der Waals surface area contributed by atoms with Crippen molar-refractivity contribution in [2.75, 3.05) is 5.32 Å². The van der Waals surface area contributed by atoms with E-state index in [-0.39, 0.29) is 11.7 Å². The molecule has 120 valence electrons. The molecule has 0 bridgehead atoms. The molecule has 6 heteroatoms. The van der Waals surface area contributed by atoms with Gasteiger partial charge in [-0.2, -0.15) is 0 Å². The molecule has 5 nitrogen and oxygen atoms in total. The molecule has 2 aromatic carbocycles. The van der Waals surface area contributed by atoms with Gasteiger partial charge in [-0.1, -0.05) is 0 Å². The van der Waals surface area contributed by atoms with E-state index in [4.69, 9.17) is 0 Å². The molecule has 0 saturated heterocycles. The number of carbonyl (C=O) groups is 2. The molecule has 1 N–H and O–H groups in total. The molecule has 24 heavy (non-hydrogen) atoms. The average molecular weight is 323 g/mol. The number of aromatic nitrogens is 2. The number of nitrogens with one attached hydrogen (secondary N) is 1. The van der Waals surface area contributed by atoms with Gasteiger partial charge in [-0.25, -0.2) is 9.37 Å². The number of carbonyl (C=O) groups excluding carboxylic acids is 2. The Labute approximate surface area is 137 Å². The summed E-state index contributed by atoms with van der Waals surface area (Å²) in [6, 6.07) is 11.8. The lowest BCUT2D eigenvalue weighted by Crippen LogP contribution is -2.12. The highest BCUT2D eigenvalue weighted by atomic mass is 19.1. The number of nitrogens with zero attached hydrogens (tertiary/aromatic N) is 2. The number of aryl methyl sites for hydroxylation is 1. The van der Waals surface area contributed by atoms with Gasteiger partial charge in [-0.05, 0) is 48.5 Å². The van der Waals surface area contributed by atoms with Crippen molar-refractivity contribution in [1.29, 1.82) is 0 Å². The molecule has 0 fully saturated rings. The Kier molecular flexibility index (Phi) is 4.20. The second-order valence-corrected chi connectivity index (χ2v) is 5.23. The highest BCUT2D eigenvalue weighted by Crippen LogP contribution is 2.14. The Morgan fingerprint density at radius 3 is 2.21 bits per heavy atom. The second-order valence-electron chi connectivity index (χ2n) is 5.23. The molecule has 0 saturated carbocycles. The number of halogens is 1. The number of ketones is 1. The van der Waals surface area contributed by atoms with Gasteiger partial charge in [0.05, 0.1) is 0 Å². The smallest absolute Gasteiger partial charge is 0.255 e. The van der Waals surface area contributed by atoms with Crippen molar-refractivity contribution in [2.24, 2.45) is 7.05 Å². The van der Waals surface area contributed by atoms with Crippen LogP contribution in [0.4, 0.5) is 10.1 Å². The summed E-state index contributed by atoms with van der Waals surface area (Å²) in [5.74, 6) is -0.598. The van der Waals surface area contributed by atoms with Gasteiger partial charge in [0.2, 0.25) is 5.78 Å². The summed E-state index contributed by atoms with van der Waals surface area (Å²) >= 11 is 0. The molecular formula is C18H14FN3O2. The summed E-state index contributed by atoms with van der Waals surface area (Å²) in [5, 5.41) is 2.70. The van der Waals surface area contributed by atoms with E-state index in [1.165, 1.54) is 24.3 Å². The minimum Gasteiger partial charge on any atom is -0.331 e. The third-order valence-electron chi connectivity index (χ3n) is 3.54. The molecule has 0 spiro atoms. The topological polar surface area (TPSA) is 64.0 Å². The number of benzene rings is 2. The number of amides is 1. The second kappa shape index (κ2) is 6.45. The molecule has 3 aromatic rings. The predicted octanol–water partition coefficient (Wildman–Crippen LogP) is 3.04. The Hall–Kier alpha value is -3.28. The maximum absolute atomic E-state index is 12.9. The normalized spacial score (nSPS) is 10.4. The van der Waals surface area contributed by atoms with Gasteiger partial charge >= 0.3 is 0 Å². The summed E-state index contributed by atoms with van der Waals surface area (Å²) in [5.41, 5.74) is 1.37. The summed E-state index contributed by atoms with van der Waals surface area (Å²) < 4.78 is 14.5. The van der Waals surface area contributed by atoms with Crippen LogP contribution in [-0.2, 0) is 7.05 Å². The Morgan fingerprint density at radius 2 is 1.62 bits per heavy atom. The zero-order valence-electron chi connectivity index (χ0n) is 12.9. The zero-order chi connectivity index (χ0) is 17.1. The van der Waals surface area contributed by atoms with E-state index in [9.17, 15) is 14.0 Å². The fourth-order valence-corrected chi connectivity index (χ4v) is 2.22. The van der Waals surface area contributed by atoms with Crippen LogP contribution >= 0.6 is 0 Å². The molecule has 0 radical (unpaired) electrons. The van der Waals surface area contributed by atoms with Crippen molar-refractivity contribution in [1.82, 2.24) is 9.55 Å². The van der Waals surface area contributed by atoms with Crippen LogP contribution in [0.3, 0.4) is 0 Å². The van der Waals surface area contributed by atoms with Gasteiger partial charge in [0.25, 0.3) is 5.91 Å². The molecular weight excluding hydrogens is 309 g/mol. The predicted molar refractivity (Wildman–Crippen MR) is 87.4 cm³/mol. The molecule has 0 aliphatic carbocycles. The van der Waals surface area contributed by atoms with E-state index in [0.717, 1.165) is 0 Å². The highest BCUT2D eigenvalue weighted by molar-refractivity contribution is 6.07. The number of anilines is 1. The first-order valence-electron chi connectivity index (χ1n) is 7.23. The van der Waals surface area contributed by atoms with Crippen LogP contribution in [0.25, 0.3) is 0 Å². The van der Waals surface area contributed by atoms with E-state index in [1.807, 2.05) is 0 Å². The first-order chi connectivity index (χ1) is 11.5. The van der Waals surface area contributed by atoms with E-state index in [2.05, 4.69) is 10.3 Å². The first-order valence-corrected chi connectivity index (χ1v) is 7.23. The SMILES string of the molecule is Cn1ccnc1C(=O)c1ccc(NC(=O)c2ccc(F)cc2)cc1. The fourth-order valence-electron chi connectivity index (χ4n) is 2.22. The van der Waals surface area contributed by atoms with Crippen molar-refractivity contribution >= 4 is 17.4 Å². The Bertz CT molecular complexity index is 883. The van der Waals surface area contributed by atoms with Crippen LogP contribution in [0.1, 0.15) is 26.5 Å². The number of imidazole rings is 1. The van der Waals surface area contributed by atoms with Crippen molar-refractivity contribution < 1.29 is 14.0 Å². The minimum atomic E-state index is -0.399. The monoisotopic (exact) mass is 323 g/mol. The maximum atomic E-state index is 12.9. The van der Waals surface area contributed by atoms with Crippen molar-refractivity contribution in [2.45, 2.75) is 0 Å². The van der Waals surface area contributed by atoms with Gasteiger partial charge in [-0.15, -0.1) is 0 Å². The fraction of sp³-hybridized carbons (Fsp3) is 0.0556. The lowest BCUT2D eigenvalue weighted by atomic mass is 10.1. The molecule has 0 aliphatic rings. The van der Waals surface area contributed by atoms with Crippen molar-refractivity contribution in [3.63, 3.8) is 0 Å². The summed E-state index contributed by atoms with van der Waals surface area (Å²) in [4.78, 5) is 28.4. The van der Waals surface area contributed by atoms with Crippen LogP contribution in [0.15, 0.2) is 60.9 Å².